The third-order valence-electron chi connectivity index (χ3n) is 1.93. The van der Waals surface area contributed by atoms with Crippen LogP contribution in [-0.2, 0) is 0 Å². The minimum Gasteiger partial charge on any atom is -0.382 e. The fourth-order valence-corrected chi connectivity index (χ4v) is 1.49. The van der Waals surface area contributed by atoms with Gasteiger partial charge in [0.05, 0.1) is 10.0 Å². The van der Waals surface area contributed by atoms with Gasteiger partial charge in [-0.05, 0) is 18.2 Å². The van der Waals surface area contributed by atoms with Crippen LogP contribution in [0, 0.1) is 11.3 Å². The van der Waals surface area contributed by atoms with Crippen LogP contribution < -0.4 is 0 Å². The molecule has 0 saturated heterocycles. The summed E-state index contributed by atoms with van der Waals surface area (Å²) < 4.78 is 0. The summed E-state index contributed by atoms with van der Waals surface area (Å²) in [5.41, 5.74) is 0.391. The number of benzene rings is 1. The molecule has 1 rings (SSSR count). The van der Waals surface area contributed by atoms with Crippen LogP contribution >= 0.6 is 23.2 Å². The molecule has 0 aliphatic heterocycles. The highest BCUT2D eigenvalue weighted by atomic mass is 35.5. The van der Waals surface area contributed by atoms with E-state index in [4.69, 9.17) is 28.5 Å². The fourth-order valence-electron chi connectivity index (χ4n) is 1.19. The third-order valence-corrected chi connectivity index (χ3v) is 2.67. The number of ketones is 1. The van der Waals surface area contributed by atoms with Crippen molar-refractivity contribution in [1.82, 2.24) is 4.90 Å². The van der Waals surface area contributed by atoms with Gasteiger partial charge in [0.2, 0.25) is 5.78 Å². The van der Waals surface area contributed by atoms with E-state index in [1.807, 2.05) is 6.07 Å². The Morgan fingerprint density at radius 2 is 2.00 bits per heavy atom. The molecule has 0 bridgehead atoms. The van der Waals surface area contributed by atoms with Crippen LogP contribution in [0.4, 0.5) is 0 Å². The molecule has 88 valence electrons. The van der Waals surface area contributed by atoms with Crippen molar-refractivity contribution < 1.29 is 4.79 Å². The van der Waals surface area contributed by atoms with Gasteiger partial charge in [0.15, 0.2) is 0 Å². The minimum atomic E-state index is -0.375. The number of carbonyl (C=O) groups excluding carboxylic acids is 1. The normalized spacial score (nSPS) is 10.9. The summed E-state index contributed by atoms with van der Waals surface area (Å²) in [6.45, 7) is 0. The number of Topliss-reactive ketones (excluding diaryl/α,β-unsaturated/α-hetero) is 1. The van der Waals surface area contributed by atoms with E-state index in [1.54, 1.807) is 19.0 Å². The highest BCUT2D eigenvalue weighted by Crippen LogP contribution is 2.23. The van der Waals surface area contributed by atoms with Gasteiger partial charge in [-0.2, -0.15) is 5.26 Å². The van der Waals surface area contributed by atoms with Gasteiger partial charge in [-0.3, -0.25) is 4.79 Å². The van der Waals surface area contributed by atoms with Gasteiger partial charge in [0.25, 0.3) is 0 Å². The lowest BCUT2D eigenvalue weighted by Gasteiger charge is -2.06. The second kappa shape index (κ2) is 5.72. The van der Waals surface area contributed by atoms with Gasteiger partial charge >= 0.3 is 0 Å². The molecular formula is C12H10Cl2N2O. The van der Waals surface area contributed by atoms with Crippen LogP contribution in [0.5, 0.6) is 0 Å². The predicted molar refractivity (Wildman–Crippen MR) is 68.2 cm³/mol. The lowest BCUT2D eigenvalue weighted by atomic mass is 10.1. The number of rotatable bonds is 3. The van der Waals surface area contributed by atoms with Crippen LogP contribution in [0.25, 0.3) is 0 Å². The summed E-state index contributed by atoms with van der Waals surface area (Å²) in [4.78, 5) is 13.6. The zero-order chi connectivity index (χ0) is 13.0. The second-order valence-electron chi connectivity index (χ2n) is 3.58. The monoisotopic (exact) mass is 268 g/mol. The predicted octanol–water partition coefficient (Wildman–Crippen LogP) is 3.15. The molecule has 0 spiro atoms. The van der Waals surface area contributed by atoms with Gasteiger partial charge in [-0.25, -0.2) is 0 Å². The number of halogens is 2. The average Bonchev–Trinajstić information content (AvgIpc) is 2.28. The maximum Gasteiger partial charge on any atom is 0.205 e. The van der Waals surface area contributed by atoms with Gasteiger partial charge in [0, 0.05) is 25.9 Å². The summed E-state index contributed by atoms with van der Waals surface area (Å²) in [6.07, 6.45) is 1.46. The first kappa shape index (κ1) is 13.6. The molecule has 0 amide bonds. The molecule has 0 atom stereocenters. The van der Waals surface area contributed by atoms with E-state index in [0.29, 0.717) is 15.6 Å². The molecule has 17 heavy (non-hydrogen) atoms. The molecular weight excluding hydrogens is 259 g/mol. The zero-order valence-corrected chi connectivity index (χ0v) is 10.9. The number of carbonyl (C=O) groups is 1. The van der Waals surface area contributed by atoms with Crippen molar-refractivity contribution in [2.75, 3.05) is 14.1 Å². The number of nitrogens with zero attached hydrogens (tertiary/aromatic N) is 2. The lowest BCUT2D eigenvalue weighted by Crippen LogP contribution is -2.08. The number of hydrogen-bond donors (Lipinski definition) is 0. The van der Waals surface area contributed by atoms with Crippen LogP contribution in [0.1, 0.15) is 10.4 Å². The first-order chi connectivity index (χ1) is 7.95. The molecule has 3 nitrogen and oxygen atoms in total. The third kappa shape index (κ3) is 3.48. The van der Waals surface area contributed by atoms with E-state index < -0.39 is 0 Å². The standard InChI is InChI=1S/C12H10Cl2N2O/c1-16(2)7-9(6-15)12(17)8-3-4-10(13)11(14)5-8/h3-5,7H,1-2H3/b9-7-. The van der Waals surface area contributed by atoms with Crippen molar-refractivity contribution in [2.45, 2.75) is 0 Å². The molecule has 5 heteroatoms. The van der Waals surface area contributed by atoms with E-state index in [2.05, 4.69) is 0 Å². The van der Waals surface area contributed by atoms with Crippen LogP contribution in [-0.4, -0.2) is 24.8 Å². The molecule has 0 radical (unpaired) electrons. The number of nitriles is 1. The molecule has 0 fully saturated rings. The van der Waals surface area contributed by atoms with E-state index in [0.717, 1.165) is 0 Å². The SMILES string of the molecule is CN(C)/C=C(/C#N)C(=O)c1ccc(Cl)c(Cl)c1. The van der Waals surface area contributed by atoms with Gasteiger partial charge in [0.1, 0.15) is 11.6 Å². The van der Waals surface area contributed by atoms with E-state index in [1.165, 1.54) is 24.4 Å². The largest absolute Gasteiger partial charge is 0.382 e. The van der Waals surface area contributed by atoms with Crippen molar-refractivity contribution in [3.8, 4) is 6.07 Å². The first-order valence-corrected chi connectivity index (χ1v) is 5.49. The zero-order valence-electron chi connectivity index (χ0n) is 9.37. The highest BCUT2D eigenvalue weighted by Gasteiger charge is 2.13. The highest BCUT2D eigenvalue weighted by molar-refractivity contribution is 6.42. The Morgan fingerprint density at radius 1 is 1.35 bits per heavy atom. The Bertz CT molecular complexity index is 516. The molecule has 0 N–H and O–H groups in total. The molecule has 0 aliphatic rings. The van der Waals surface area contributed by atoms with E-state index in [9.17, 15) is 4.79 Å². The maximum atomic E-state index is 12.0. The Balaban J connectivity index is 3.12. The number of hydrogen-bond acceptors (Lipinski definition) is 3. The quantitative estimate of drug-likeness (QED) is 0.481. The van der Waals surface area contributed by atoms with Crippen molar-refractivity contribution in [2.24, 2.45) is 0 Å². The Morgan fingerprint density at radius 3 is 2.47 bits per heavy atom. The summed E-state index contributed by atoms with van der Waals surface area (Å²) in [6, 6.07) is 6.38. The molecule has 0 aliphatic carbocycles. The minimum absolute atomic E-state index is 0.0494. The average molecular weight is 269 g/mol. The summed E-state index contributed by atoms with van der Waals surface area (Å²) >= 11 is 11.6. The Labute approximate surface area is 110 Å². The van der Waals surface area contributed by atoms with E-state index in [-0.39, 0.29) is 11.4 Å². The summed E-state index contributed by atoms with van der Waals surface area (Å²) in [7, 11) is 3.47. The van der Waals surface area contributed by atoms with Crippen LogP contribution in [0.15, 0.2) is 30.0 Å². The molecule has 1 aromatic rings. The van der Waals surface area contributed by atoms with Crippen LogP contribution in [0.2, 0.25) is 10.0 Å². The Hall–Kier alpha value is -1.50. The molecule has 0 saturated carbocycles. The molecule has 0 heterocycles. The van der Waals surface area contributed by atoms with E-state index >= 15 is 0 Å². The second-order valence-corrected chi connectivity index (χ2v) is 4.39. The van der Waals surface area contributed by atoms with Crippen LogP contribution in [0.3, 0.4) is 0 Å². The van der Waals surface area contributed by atoms with Gasteiger partial charge in [-0.15, -0.1) is 0 Å². The molecule has 1 aromatic carbocycles. The lowest BCUT2D eigenvalue weighted by molar-refractivity contribution is 0.103. The van der Waals surface area contributed by atoms with Crippen molar-refractivity contribution in [1.29, 1.82) is 5.26 Å². The fraction of sp³-hybridized carbons (Fsp3) is 0.167. The van der Waals surface area contributed by atoms with Crippen molar-refractivity contribution in [3.05, 3.63) is 45.6 Å². The smallest absolute Gasteiger partial charge is 0.205 e. The van der Waals surface area contributed by atoms with Gasteiger partial charge in [-0.1, -0.05) is 23.2 Å². The maximum absolute atomic E-state index is 12.0. The molecule has 0 aromatic heterocycles. The van der Waals surface area contributed by atoms with Crippen molar-refractivity contribution in [3.63, 3.8) is 0 Å². The number of allylic oxidation sites excluding steroid dienone is 1. The summed E-state index contributed by atoms with van der Waals surface area (Å²) in [5.74, 6) is -0.375. The first-order valence-electron chi connectivity index (χ1n) is 4.74. The van der Waals surface area contributed by atoms with Gasteiger partial charge < -0.3 is 4.90 Å². The summed E-state index contributed by atoms with van der Waals surface area (Å²) in [5, 5.41) is 9.57. The Kier molecular flexibility index (Phi) is 4.56. The molecule has 0 unspecified atom stereocenters. The topological polar surface area (TPSA) is 44.1 Å². The van der Waals surface area contributed by atoms with Crippen molar-refractivity contribution >= 4 is 29.0 Å².